The van der Waals surface area contributed by atoms with Crippen molar-refractivity contribution in [2.45, 2.75) is 6.42 Å². The molecule has 0 spiro atoms. The Kier molecular flexibility index (Phi) is 4.82. The van der Waals surface area contributed by atoms with Gasteiger partial charge in [0.2, 0.25) is 0 Å². The Hall–Kier alpha value is -1.99. The van der Waals surface area contributed by atoms with E-state index in [0.29, 0.717) is 37.6 Å². The molecule has 0 atom stereocenters. The van der Waals surface area contributed by atoms with E-state index in [4.69, 9.17) is 14.0 Å². The van der Waals surface area contributed by atoms with Crippen molar-refractivity contribution in [1.82, 2.24) is 15.1 Å². The normalized spacial score (nSPS) is 10.8. The largest absolute Gasteiger partial charge is 0.505 e. The molecule has 7 nitrogen and oxygen atoms in total. The van der Waals surface area contributed by atoms with Crippen molar-refractivity contribution in [3.63, 3.8) is 0 Å². The first-order chi connectivity index (χ1) is 9.31. The minimum absolute atomic E-state index is 0.00837. The number of hydrogen-bond donors (Lipinski definition) is 1. The van der Waals surface area contributed by atoms with Crippen molar-refractivity contribution in [2.24, 2.45) is 0 Å². The Morgan fingerprint density at radius 3 is 3.00 bits per heavy atom. The SMILES string of the molecule is COCCOCCc1noc(-c2ccncc2O)n1. The average Bonchev–Trinajstić information content (AvgIpc) is 2.88. The molecule has 102 valence electrons. The van der Waals surface area contributed by atoms with Gasteiger partial charge in [-0.1, -0.05) is 5.16 Å². The van der Waals surface area contributed by atoms with Gasteiger partial charge in [-0.2, -0.15) is 4.98 Å². The number of hydrogen-bond acceptors (Lipinski definition) is 7. The molecule has 0 fully saturated rings. The number of nitrogens with zero attached hydrogens (tertiary/aromatic N) is 3. The summed E-state index contributed by atoms with van der Waals surface area (Å²) in [6, 6.07) is 1.61. The van der Waals surface area contributed by atoms with E-state index >= 15 is 0 Å². The third-order valence-corrected chi connectivity index (χ3v) is 2.40. The Morgan fingerprint density at radius 1 is 1.32 bits per heavy atom. The topological polar surface area (TPSA) is 90.5 Å². The molecule has 2 rings (SSSR count). The minimum Gasteiger partial charge on any atom is -0.505 e. The van der Waals surface area contributed by atoms with Crippen molar-refractivity contribution in [3.8, 4) is 17.2 Å². The second kappa shape index (κ2) is 6.81. The van der Waals surface area contributed by atoms with E-state index < -0.39 is 0 Å². The quantitative estimate of drug-likeness (QED) is 0.748. The second-order valence-electron chi connectivity index (χ2n) is 3.76. The molecule has 0 aliphatic heterocycles. The van der Waals surface area contributed by atoms with Crippen LogP contribution in [0.4, 0.5) is 0 Å². The van der Waals surface area contributed by atoms with Gasteiger partial charge in [0.05, 0.1) is 31.6 Å². The number of aromatic nitrogens is 3. The van der Waals surface area contributed by atoms with E-state index in [1.807, 2.05) is 0 Å². The third-order valence-electron chi connectivity index (χ3n) is 2.40. The third kappa shape index (κ3) is 3.73. The van der Waals surface area contributed by atoms with Crippen LogP contribution in [0.15, 0.2) is 23.0 Å². The summed E-state index contributed by atoms with van der Waals surface area (Å²) in [4.78, 5) is 7.97. The number of methoxy groups -OCH3 is 1. The molecule has 2 aromatic rings. The highest BCUT2D eigenvalue weighted by Crippen LogP contribution is 2.25. The Balaban J connectivity index is 1.91. The molecule has 0 aliphatic rings. The predicted octanol–water partition coefficient (Wildman–Crippen LogP) is 1.04. The van der Waals surface area contributed by atoms with Crippen LogP contribution in [0.25, 0.3) is 11.5 Å². The fraction of sp³-hybridized carbons (Fsp3) is 0.417. The summed E-state index contributed by atoms with van der Waals surface area (Å²) in [5.74, 6) is 0.810. The van der Waals surface area contributed by atoms with Crippen LogP contribution in [-0.2, 0) is 15.9 Å². The van der Waals surface area contributed by atoms with Crippen LogP contribution in [0.3, 0.4) is 0 Å². The van der Waals surface area contributed by atoms with E-state index in [0.717, 1.165) is 0 Å². The summed E-state index contributed by atoms with van der Waals surface area (Å²) in [6.07, 6.45) is 3.42. The standard InChI is InChI=1S/C12H15N3O4/c1-17-6-7-18-5-3-11-14-12(19-15-11)9-2-4-13-8-10(9)16/h2,4,8,16H,3,5-7H2,1H3. The maximum Gasteiger partial charge on any atom is 0.261 e. The van der Waals surface area contributed by atoms with E-state index in [1.165, 1.54) is 6.20 Å². The molecule has 0 aliphatic carbocycles. The van der Waals surface area contributed by atoms with E-state index in [2.05, 4.69) is 15.1 Å². The van der Waals surface area contributed by atoms with Gasteiger partial charge in [-0.05, 0) is 6.07 Å². The maximum atomic E-state index is 9.62. The second-order valence-corrected chi connectivity index (χ2v) is 3.76. The van der Waals surface area contributed by atoms with Crippen molar-refractivity contribution >= 4 is 0 Å². The highest BCUT2D eigenvalue weighted by Gasteiger charge is 2.12. The average molecular weight is 265 g/mol. The van der Waals surface area contributed by atoms with Crippen LogP contribution in [0, 0.1) is 0 Å². The zero-order valence-corrected chi connectivity index (χ0v) is 10.6. The molecule has 19 heavy (non-hydrogen) atoms. The monoisotopic (exact) mass is 265 g/mol. The van der Waals surface area contributed by atoms with Crippen molar-refractivity contribution in [3.05, 3.63) is 24.3 Å². The van der Waals surface area contributed by atoms with E-state index in [9.17, 15) is 5.11 Å². The molecule has 2 heterocycles. The zero-order chi connectivity index (χ0) is 13.5. The van der Waals surface area contributed by atoms with Crippen LogP contribution in [0.5, 0.6) is 5.75 Å². The molecule has 0 radical (unpaired) electrons. The highest BCUT2D eigenvalue weighted by molar-refractivity contribution is 5.60. The summed E-state index contributed by atoms with van der Waals surface area (Å²) in [5, 5.41) is 13.4. The summed E-state index contributed by atoms with van der Waals surface area (Å²) >= 11 is 0. The van der Waals surface area contributed by atoms with Gasteiger partial charge in [0.1, 0.15) is 5.75 Å². The van der Waals surface area contributed by atoms with Gasteiger partial charge in [0.25, 0.3) is 5.89 Å². The number of aromatic hydroxyl groups is 1. The van der Waals surface area contributed by atoms with Gasteiger partial charge < -0.3 is 19.1 Å². The predicted molar refractivity (Wildman–Crippen MR) is 65.6 cm³/mol. The van der Waals surface area contributed by atoms with Crippen LogP contribution < -0.4 is 0 Å². The lowest BCUT2D eigenvalue weighted by atomic mass is 10.2. The van der Waals surface area contributed by atoms with Crippen LogP contribution >= 0.6 is 0 Å². The van der Waals surface area contributed by atoms with Crippen LogP contribution in [-0.4, -0.2) is 47.2 Å². The number of rotatable bonds is 7. The Labute approximate surface area is 110 Å². The molecule has 2 aromatic heterocycles. The van der Waals surface area contributed by atoms with Gasteiger partial charge in [-0.15, -0.1) is 0 Å². The molecular formula is C12H15N3O4. The van der Waals surface area contributed by atoms with Gasteiger partial charge in [-0.3, -0.25) is 4.98 Å². The van der Waals surface area contributed by atoms with Crippen molar-refractivity contribution < 1.29 is 19.1 Å². The van der Waals surface area contributed by atoms with Crippen molar-refractivity contribution in [1.29, 1.82) is 0 Å². The fourth-order valence-corrected chi connectivity index (χ4v) is 1.44. The number of pyridine rings is 1. The molecular weight excluding hydrogens is 250 g/mol. The lowest BCUT2D eigenvalue weighted by Crippen LogP contribution is -2.05. The van der Waals surface area contributed by atoms with E-state index in [-0.39, 0.29) is 11.6 Å². The molecule has 0 amide bonds. The Morgan fingerprint density at radius 2 is 2.21 bits per heavy atom. The smallest absolute Gasteiger partial charge is 0.261 e. The summed E-state index contributed by atoms with van der Waals surface area (Å²) < 4.78 is 15.3. The van der Waals surface area contributed by atoms with Gasteiger partial charge in [-0.25, -0.2) is 0 Å². The number of ether oxygens (including phenoxy) is 2. The Bertz CT molecular complexity index is 515. The minimum atomic E-state index is 0.00837. The molecule has 0 unspecified atom stereocenters. The summed E-state index contributed by atoms with van der Waals surface area (Å²) in [6.45, 7) is 1.58. The summed E-state index contributed by atoms with van der Waals surface area (Å²) in [7, 11) is 1.62. The highest BCUT2D eigenvalue weighted by atomic mass is 16.5. The van der Waals surface area contributed by atoms with Crippen molar-refractivity contribution in [2.75, 3.05) is 26.9 Å². The summed E-state index contributed by atoms with van der Waals surface area (Å²) in [5.41, 5.74) is 0.467. The van der Waals surface area contributed by atoms with E-state index in [1.54, 1.807) is 19.4 Å². The molecule has 1 N–H and O–H groups in total. The van der Waals surface area contributed by atoms with Gasteiger partial charge >= 0.3 is 0 Å². The van der Waals surface area contributed by atoms with Gasteiger partial charge in [0.15, 0.2) is 5.82 Å². The first-order valence-corrected chi connectivity index (χ1v) is 5.84. The molecule has 0 bridgehead atoms. The molecule has 0 saturated carbocycles. The van der Waals surface area contributed by atoms with Crippen LogP contribution in [0.2, 0.25) is 0 Å². The first-order valence-electron chi connectivity index (χ1n) is 5.84. The lowest BCUT2D eigenvalue weighted by molar-refractivity contribution is 0.0714. The zero-order valence-electron chi connectivity index (χ0n) is 10.6. The van der Waals surface area contributed by atoms with Gasteiger partial charge in [0, 0.05) is 19.7 Å². The lowest BCUT2D eigenvalue weighted by Gasteiger charge is -2.00. The first kappa shape index (κ1) is 13.4. The molecule has 0 aromatic carbocycles. The fourth-order valence-electron chi connectivity index (χ4n) is 1.44. The molecule has 0 saturated heterocycles. The molecule has 7 heteroatoms. The maximum absolute atomic E-state index is 9.62. The van der Waals surface area contributed by atoms with Crippen LogP contribution in [0.1, 0.15) is 5.82 Å².